The third-order valence-corrected chi connectivity index (χ3v) is 5.73. The van der Waals surface area contributed by atoms with E-state index in [9.17, 15) is 0 Å². The normalized spacial score (nSPS) is 16.1. The van der Waals surface area contributed by atoms with Crippen molar-refractivity contribution in [2.75, 3.05) is 14.2 Å². The van der Waals surface area contributed by atoms with Crippen LogP contribution in [0.25, 0.3) is 11.1 Å². The summed E-state index contributed by atoms with van der Waals surface area (Å²) in [7, 11) is 3.32. The summed E-state index contributed by atoms with van der Waals surface area (Å²) >= 11 is 1.57. The number of ether oxygens (including phenoxy) is 2. The maximum Gasteiger partial charge on any atom is 0.161 e. The summed E-state index contributed by atoms with van der Waals surface area (Å²) in [5, 5.41) is 0.0578. The monoisotopic (exact) mass is 387 g/mol. The van der Waals surface area contributed by atoms with Gasteiger partial charge in [0.1, 0.15) is 0 Å². The van der Waals surface area contributed by atoms with Gasteiger partial charge in [0.25, 0.3) is 0 Å². The molecule has 1 unspecified atom stereocenters. The first-order valence-electron chi connectivity index (χ1n) is 9.08. The van der Waals surface area contributed by atoms with Crippen molar-refractivity contribution >= 4 is 29.3 Å². The Hall–Kier alpha value is -2.98. The summed E-state index contributed by atoms with van der Waals surface area (Å²) in [5.41, 5.74) is 5.88. The van der Waals surface area contributed by atoms with E-state index in [4.69, 9.17) is 9.47 Å². The molecule has 0 bridgehead atoms. The first-order valence-corrected chi connectivity index (χ1v) is 9.91. The zero-order valence-electron chi connectivity index (χ0n) is 15.8. The maximum atomic E-state index is 5.53. The van der Waals surface area contributed by atoms with Crippen LogP contribution in [0.2, 0.25) is 0 Å². The molecule has 0 aliphatic carbocycles. The van der Waals surface area contributed by atoms with Gasteiger partial charge in [0, 0.05) is 11.8 Å². The lowest BCUT2D eigenvalue weighted by molar-refractivity contribution is 0.354. The molecule has 3 aromatic carbocycles. The molecule has 0 amide bonds. The van der Waals surface area contributed by atoms with Gasteiger partial charge in [-0.3, -0.25) is 0 Å². The molecular weight excluding hydrogens is 366 g/mol. The molecule has 0 aromatic heterocycles. The van der Waals surface area contributed by atoms with Gasteiger partial charge in [-0.2, -0.15) is 0 Å². The molecule has 1 atom stereocenters. The van der Waals surface area contributed by atoms with Gasteiger partial charge in [-0.25, -0.2) is 4.40 Å². The van der Waals surface area contributed by atoms with E-state index >= 15 is 0 Å². The van der Waals surface area contributed by atoms with E-state index in [2.05, 4.69) is 59.0 Å². The largest absolute Gasteiger partial charge is 0.493 e. The van der Waals surface area contributed by atoms with Gasteiger partial charge in [-0.15, -0.1) is 0 Å². The van der Waals surface area contributed by atoms with E-state index < -0.39 is 0 Å². The Bertz CT molecular complexity index is 1010. The molecule has 0 fully saturated rings. The van der Waals surface area contributed by atoms with Crippen LogP contribution in [-0.2, 0) is 0 Å². The Morgan fingerprint density at radius 2 is 1.39 bits per heavy atom. The van der Waals surface area contributed by atoms with Gasteiger partial charge >= 0.3 is 0 Å². The number of hydrogen-bond acceptors (Lipinski definition) is 4. The van der Waals surface area contributed by atoms with Gasteiger partial charge in [0.05, 0.1) is 19.5 Å². The lowest BCUT2D eigenvalue weighted by atomic mass is 9.90. The maximum absolute atomic E-state index is 5.53. The van der Waals surface area contributed by atoms with Crippen molar-refractivity contribution in [3.05, 3.63) is 95.6 Å². The van der Waals surface area contributed by atoms with Gasteiger partial charge in [0.2, 0.25) is 0 Å². The van der Waals surface area contributed by atoms with Crippen LogP contribution in [0.1, 0.15) is 21.9 Å². The fourth-order valence-corrected chi connectivity index (χ4v) is 4.35. The third-order valence-electron chi connectivity index (χ3n) is 4.78. The molecule has 0 saturated carbocycles. The molecule has 3 aromatic rings. The Morgan fingerprint density at radius 3 is 2.04 bits per heavy atom. The van der Waals surface area contributed by atoms with Crippen LogP contribution in [0, 0.1) is 0 Å². The quantitative estimate of drug-likeness (QED) is 0.497. The van der Waals surface area contributed by atoms with Crippen LogP contribution in [-0.4, -0.2) is 20.4 Å². The molecule has 1 aliphatic rings. The number of hydrogen-bond donors (Lipinski definition) is 0. The standard InChI is InChI=1S/C24H21NO2S/c1-26-21-14-13-19(15-22(21)27-2)24-23(18-11-7-4-8-12-18)20(16-25-28-24)17-9-5-3-6-10-17/h3-16,24H,1-2H3. The summed E-state index contributed by atoms with van der Waals surface area (Å²) in [4.78, 5) is 0. The minimum absolute atomic E-state index is 0.0578. The second kappa shape index (κ2) is 8.36. The van der Waals surface area contributed by atoms with Crippen LogP contribution in [0.15, 0.2) is 83.3 Å². The highest BCUT2D eigenvalue weighted by Gasteiger charge is 2.26. The van der Waals surface area contributed by atoms with E-state index in [0.717, 1.165) is 28.2 Å². The number of allylic oxidation sites excluding steroid dienone is 1. The zero-order valence-corrected chi connectivity index (χ0v) is 16.6. The Kier molecular flexibility index (Phi) is 5.49. The first kappa shape index (κ1) is 18.4. The minimum Gasteiger partial charge on any atom is -0.493 e. The molecule has 4 rings (SSSR count). The predicted molar refractivity (Wildman–Crippen MR) is 118 cm³/mol. The van der Waals surface area contributed by atoms with Crippen molar-refractivity contribution < 1.29 is 9.47 Å². The van der Waals surface area contributed by atoms with Crippen molar-refractivity contribution in [1.29, 1.82) is 0 Å². The molecule has 1 aliphatic heterocycles. The van der Waals surface area contributed by atoms with Gasteiger partial charge < -0.3 is 9.47 Å². The first-order chi connectivity index (χ1) is 13.8. The zero-order chi connectivity index (χ0) is 19.3. The van der Waals surface area contributed by atoms with E-state index in [0.29, 0.717) is 0 Å². The molecule has 28 heavy (non-hydrogen) atoms. The summed E-state index contributed by atoms with van der Waals surface area (Å²) in [6.45, 7) is 0. The SMILES string of the molecule is COc1ccc(C2SN=CC(c3ccccc3)=C2c2ccccc2)cc1OC. The van der Waals surface area contributed by atoms with Crippen LogP contribution >= 0.6 is 11.9 Å². The predicted octanol–water partition coefficient (Wildman–Crippen LogP) is 6.09. The fourth-order valence-electron chi connectivity index (χ4n) is 3.42. The van der Waals surface area contributed by atoms with E-state index in [1.165, 1.54) is 11.1 Å². The molecule has 0 radical (unpaired) electrons. The third kappa shape index (κ3) is 3.56. The minimum atomic E-state index is 0.0578. The second-order valence-corrected chi connectivity index (χ2v) is 7.29. The number of methoxy groups -OCH3 is 2. The Balaban J connectivity index is 1.90. The summed E-state index contributed by atoms with van der Waals surface area (Å²) in [5.74, 6) is 1.45. The average Bonchev–Trinajstić information content (AvgIpc) is 2.79. The Morgan fingerprint density at radius 1 is 0.750 bits per heavy atom. The molecule has 0 saturated heterocycles. The van der Waals surface area contributed by atoms with Gasteiger partial charge in [0.15, 0.2) is 11.5 Å². The Labute approximate surface area is 169 Å². The van der Waals surface area contributed by atoms with Crippen molar-refractivity contribution in [1.82, 2.24) is 0 Å². The smallest absolute Gasteiger partial charge is 0.161 e. The molecule has 140 valence electrons. The summed E-state index contributed by atoms with van der Waals surface area (Å²) < 4.78 is 15.6. The van der Waals surface area contributed by atoms with Crippen LogP contribution in [0.3, 0.4) is 0 Å². The van der Waals surface area contributed by atoms with E-state index in [-0.39, 0.29) is 5.25 Å². The summed E-state index contributed by atoms with van der Waals surface area (Å²) in [6.07, 6.45) is 1.97. The molecule has 4 heteroatoms. The van der Waals surface area contributed by atoms with Gasteiger partial charge in [-0.1, -0.05) is 66.7 Å². The lowest BCUT2D eigenvalue weighted by Crippen LogP contribution is -2.06. The average molecular weight is 388 g/mol. The van der Waals surface area contributed by atoms with Gasteiger partial charge in [-0.05, 0) is 46.3 Å². The van der Waals surface area contributed by atoms with Crippen LogP contribution < -0.4 is 9.47 Å². The topological polar surface area (TPSA) is 30.8 Å². The summed E-state index contributed by atoms with van der Waals surface area (Å²) in [6, 6.07) is 27.0. The van der Waals surface area contributed by atoms with Crippen LogP contribution in [0.5, 0.6) is 11.5 Å². The van der Waals surface area contributed by atoms with Crippen molar-refractivity contribution in [2.24, 2.45) is 4.40 Å². The van der Waals surface area contributed by atoms with E-state index in [1.807, 2.05) is 30.5 Å². The highest BCUT2D eigenvalue weighted by atomic mass is 32.2. The molecular formula is C24H21NO2S. The fraction of sp³-hybridized carbons (Fsp3) is 0.125. The number of rotatable bonds is 5. The van der Waals surface area contributed by atoms with E-state index in [1.54, 1.807) is 26.2 Å². The molecule has 0 spiro atoms. The number of benzene rings is 3. The van der Waals surface area contributed by atoms with Crippen LogP contribution in [0.4, 0.5) is 0 Å². The number of nitrogens with zero attached hydrogens (tertiary/aromatic N) is 1. The highest BCUT2D eigenvalue weighted by Crippen LogP contribution is 2.48. The van der Waals surface area contributed by atoms with Crippen molar-refractivity contribution in [2.45, 2.75) is 5.25 Å². The molecule has 1 heterocycles. The van der Waals surface area contributed by atoms with Crippen molar-refractivity contribution in [3.63, 3.8) is 0 Å². The highest BCUT2D eigenvalue weighted by molar-refractivity contribution is 7.99. The van der Waals surface area contributed by atoms with Crippen molar-refractivity contribution in [3.8, 4) is 11.5 Å². The molecule has 3 nitrogen and oxygen atoms in total. The molecule has 0 N–H and O–H groups in total. The lowest BCUT2D eigenvalue weighted by Gasteiger charge is -2.25. The second-order valence-electron chi connectivity index (χ2n) is 6.39.